The lowest BCUT2D eigenvalue weighted by Crippen LogP contribution is -2.32. The molecule has 0 amide bonds. The van der Waals surface area contributed by atoms with Gasteiger partial charge in [-0.15, -0.1) is 5.10 Å². The van der Waals surface area contributed by atoms with Crippen molar-refractivity contribution in [3.63, 3.8) is 0 Å². The van der Waals surface area contributed by atoms with Gasteiger partial charge in [0.1, 0.15) is 0 Å². The fraction of sp³-hybridized carbons (Fsp3) is 0.333. The maximum atomic E-state index is 11.8. The van der Waals surface area contributed by atoms with Crippen molar-refractivity contribution in [1.29, 1.82) is 0 Å². The van der Waals surface area contributed by atoms with Crippen LogP contribution in [0.15, 0.2) is 65.7 Å². The van der Waals surface area contributed by atoms with Crippen LogP contribution in [0.3, 0.4) is 0 Å². The van der Waals surface area contributed by atoms with E-state index in [1.807, 2.05) is 54.7 Å². The van der Waals surface area contributed by atoms with E-state index in [2.05, 4.69) is 15.2 Å². The van der Waals surface area contributed by atoms with Crippen LogP contribution < -0.4 is 0 Å². The highest BCUT2D eigenvalue weighted by molar-refractivity contribution is 7.90. The molecule has 0 unspecified atom stereocenters. The summed E-state index contributed by atoms with van der Waals surface area (Å²) in [5, 5.41) is 8.54. The molecule has 3 aromatic rings. The molecular weight excluding hydrogens is 372 g/mol. The van der Waals surface area contributed by atoms with E-state index in [-0.39, 0.29) is 0 Å². The van der Waals surface area contributed by atoms with Crippen molar-refractivity contribution in [3.05, 3.63) is 72.1 Å². The first-order valence-electron chi connectivity index (χ1n) is 9.48. The Morgan fingerprint density at radius 3 is 2.50 bits per heavy atom. The first-order valence-corrected chi connectivity index (χ1v) is 11.4. The first-order chi connectivity index (χ1) is 13.5. The Bertz CT molecular complexity index is 1040. The number of rotatable bonds is 5. The number of piperidine rings is 1. The minimum Gasteiger partial charge on any atom is -0.297 e. The number of nitrogens with zero attached hydrogens (tertiary/aromatic N) is 4. The Labute approximate surface area is 165 Å². The molecule has 0 aliphatic carbocycles. The molecule has 0 radical (unpaired) electrons. The molecule has 2 aromatic carbocycles. The zero-order valence-corrected chi connectivity index (χ0v) is 16.7. The van der Waals surface area contributed by atoms with Crippen molar-refractivity contribution in [3.8, 4) is 5.69 Å². The predicted octanol–water partition coefficient (Wildman–Crippen LogP) is 3.05. The van der Waals surface area contributed by atoms with E-state index in [1.54, 1.807) is 10.7 Å². The number of likely N-dealkylation sites (tertiary alicyclic amines) is 1. The number of benzene rings is 2. The molecule has 6 nitrogen and oxygen atoms in total. The van der Waals surface area contributed by atoms with Crippen molar-refractivity contribution >= 4 is 9.84 Å². The Kier molecular flexibility index (Phi) is 5.28. The van der Waals surface area contributed by atoms with Crippen LogP contribution in [-0.2, 0) is 16.4 Å². The number of hydrogen-bond donors (Lipinski definition) is 0. The summed E-state index contributed by atoms with van der Waals surface area (Å²) in [7, 11) is -3.16. The van der Waals surface area contributed by atoms with Crippen molar-refractivity contribution in [2.45, 2.75) is 30.2 Å². The van der Waals surface area contributed by atoms with Crippen LogP contribution in [0.4, 0.5) is 0 Å². The van der Waals surface area contributed by atoms with Crippen molar-refractivity contribution < 1.29 is 8.42 Å². The normalized spacial score (nSPS) is 16.3. The maximum Gasteiger partial charge on any atom is 0.175 e. The minimum absolute atomic E-state index is 0.401. The summed E-state index contributed by atoms with van der Waals surface area (Å²) in [5.74, 6) is 0.401. The van der Waals surface area contributed by atoms with Gasteiger partial charge in [0.15, 0.2) is 9.84 Å². The maximum absolute atomic E-state index is 11.8. The Morgan fingerprint density at radius 2 is 1.79 bits per heavy atom. The second-order valence-corrected chi connectivity index (χ2v) is 9.40. The van der Waals surface area contributed by atoms with E-state index >= 15 is 0 Å². The molecular formula is C21H24N4O2S. The molecule has 0 saturated carbocycles. The van der Waals surface area contributed by atoms with Crippen LogP contribution in [0.2, 0.25) is 0 Å². The third-order valence-corrected chi connectivity index (χ3v) is 6.40. The van der Waals surface area contributed by atoms with Gasteiger partial charge in [0.25, 0.3) is 0 Å². The quantitative estimate of drug-likeness (QED) is 0.663. The zero-order chi connectivity index (χ0) is 19.6. The molecule has 0 N–H and O–H groups in total. The fourth-order valence-electron chi connectivity index (χ4n) is 3.73. The van der Waals surface area contributed by atoms with E-state index in [4.69, 9.17) is 0 Å². The molecule has 1 aromatic heterocycles. The van der Waals surface area contributed by atoms with Crippen LogP contribution in [0.5, 0.6) is 0 Å². The minimum atomic E-state index is -3.16. The molecule has 146 valence electrons. The third-order valence-electron chi connectivity index (χ3n) is 5.29. The summed E-state index contributed by atoms with van der Waals surface area (Å²) in [6.45, 7) is 2.71. The van der Waals surface area contributed by atoms with Gasteiger partial charge in [0.05, 0.1) is 22.5 Å². The molecule has 1 saturated heterocycles. The van der Waals surface area contributed by atoms with Crippen molar-refractivity contribution in [2.24, 2.45) is 0 Å². The number of hydrogen-bond acceptors (Lipinski definition) is 5. The van der Waals surface area contributed by atoms with E-state index < -0.39 is 9.84 Å². The molecule has 1 fully saturated rings. The molecule has 0 bridgehead atoms. The van der Waals surface area contributed by atoms with Crippen molar-refractivity contribution in [1.82, 2.24) is 19.9 Å². The smallest absolute Gasteiger partial charge is 0.175 e. The van der Waals surface area contributed by atoms with E-state index in [9.17, 15) is 8.42 Å². The molecule has 0 spiro atoms. The highest BCUT2D eigenvalue weighted by Crippen LogP contribution is 2.29. The SMILES string of the molecule is CS(=O)(=O)c1cccc(C2CCN(Cc3cn(-c4ccccc4)nn3)CC2)c1. The fourth-order valence-corrected chi connectivity index (χ4v) is 4.41. The predicted molar refractivity (Wildman–Crippen MR) is 108 cm³/mol. The standard InChI is InChI=1S/C21H24N4O2S/c1-28(26,27)21-9-5-6-18(14-21)17-10-12-24(13-11-17)15-19-16-25(23-22-19)20-7-3-2-4-8-20/h2-9,14,16-17H,10-13,15H2,1H3. The van der Waals surface area contributed by atoms with Gasteiger partial charge in [-0.3, -0.25) is 4.90 Å². The van der Waals surface area contributed by atoms with Gasteiger partial charge >= 0.3 is 0 Å². The highest BCUT2D eigenvalue weighted by atomic mass is 32.2. The number of aromatic nitrogens is 3. The number of sulfone groups is 1. The lowest BCUT2D eigenvalue weighted by atomic mass is 9.89. The summed E-state index contributed by atoms with van der Waals surface area (Å²) >= 11 is 0. The van der Waals surface area contributed by atoms with Gasteiger partial charge in [-0.1, -0.05) is 35.5 Å². The van der Waals surface area contributed by atoms with Crippen LogP contribution >= 0.6 is 0 Å². The van der Waals surface area contributed by atoms with E-state index in [1.165, 1.54) is 6.26 Å². The van der Waals surface area contributed by atoms with Gasteiger partial charge in [0, 0.05) is 12.8 Å². The lowest BCUT2D eigenvalue weighted by molar-refractivity contribution is 0.202. The van der Waals surface area contributed by atoms with Gasteiger partial charge in [-0.2, -0.15) is 0 Å². The Morgan fingerprint density at radius 1 is 1.04 bits per heavy atom. The molecule has 1 aliphatic rings. The zero-order valence-electron chi connectivity index (χ0n) is 15.9. The highest BCUT2D eigenvalue weighted by Gasteiger charge is 2.22. The van der Waals surface area contributed by atoms with E-state index in [0.29, 0.717) is 10.8 Å². The third kappa shape index (κ3) is 4.31. The average Bonchev–Trinajstić information content (AvgIpc) is 3.17. The molecule has 28 heavy (non-hydrogen) atoms. The first kappa shape index (κ1) is 18.8. The van der Waals surface area contributed by atoms with Crippen LogP contribution in [0.25, 0.3) is 5.69 Å². The summed E-state index contributed by atoms with van der Waals surface area (Å²) in [4.78, 5) is 2.79. The molecule has 1 aliphatic heterocycles. The lowest BCUT2D eigenvalue weighted by Gasteiger charge is -2.31. The van der Waals surface area contributed by atoms with Crippen LogP contribution in [-0.4, -0.2) is 47.7 Å². The van der Waals surface area contributed by atoms with Gasteiger partial charge in [-0.25, -0.2) is 13.1 Å². The molecule has 7 heteroatoms. The van der Waals surface area contributed by atoms with Gasteiger partial charge < -0.3 is 0 Å². The largest absolute Gasteiger partial charge is 0.297 e. The average molecular weight is 397 g/mol. The number of para-hydroxylation sites is 1. The molecule has 0 atom stereocenters. The van der Waals surface area contributed by atoms with Gasteiger partial charge in [0.2, 0.25) is 0 Å². The Hall–Kier alpha value is -2.51. The molecule has 2 heterocycles. The summed E-state index contributed by atoms with van der Waals surface area (Å²) in [6, 6.07) is 17.4. The second-order valence-electron chi connectivity index (χ2n) is 7.39. The van der Waals surface area contributed by atoms with Crippen molar-refractivity contribution in [2.75, 3.05) is 19.3 Å². The molecule has 4 rings (SSSR count). The van der Waals surface area contributed by atoms with E-state index in [0.717, 1.165) is 49.4 Å². The van der Waals surface area contributed by atoms with Crippen LogP contribution in [0.1, 0.15) is 30.0 Å². The summed E-state index contributed by atoms with van der Waals surface area (Å²) < 4.78 is 25.4. The topological polar surface area (TPSA) is 68.1 Å². The Balaban J connectivity index is 1.37. The van der Waals surface area contributed by atoms with Crippen LogP contribution in [0, 0.1) is 0 Å². The summed E-state index contributed by atoms with van der Waals surface area (Å²) in [6.07, 6.45) is 5.27. The summed E-state index contributed by atoms with van der Waals surface area (Å²) in [5.41, 5.74) is 3.09. The monoisotopic (exact) mass is 396 g/mol. The van der Waals surface area contributed by atoms with Gasteiger partial charge in [-0.05, 0) is 61.7 Å². The second kappa shape index (κ2) is 7.85.